The number of hydrogen-bond donors (Lipinski definition) is 1. The minimum Gasteiger partial charge on any atom is -0.339 e. The van der Waals surface area contributed by atoms with Crippen molar-refractivity contribution >= 4 is 11.5 Å². The van der Waals surface area contributed by atoms with E-state index < -0.39 is 0 Å². The minimum absolute atomic E-state index is 0.721. The minimum atomic E-state index is 0.721. The number of anilines is 1. The molecule has 0 radical (unpaired) electrons. The van der Waals surface area contributed by atoms with Gasteiger partial charge in [0.15, 0.2) is 5.84 Å². The van der Waals surface area contributed by atoms with Crippen molar-refractivity contribution in [3.63, 3.8) is 0 Å². The third-order valence-electron chi connectivity index (χ3n) is 3.12. The lowest BCUT2D eigenvalue weighted by molar-refractivity contribution is 1.09. The van der Waals surface area contributed by atoms with Crippen molar-refractivity contribution in [3.05, 3.63) is 59.4 Å². The number of aromatic nitrogens is 1. The highest BCUT2D eigenvalue weighted by atomic mass is 15.0. The number of benzene rings is 1. The fourth-order valence-corrected chi connectivity index (χ4v) is 2.12. The maximum atomic E-state index is 4.50. The Morgan fingerprint density at radius 3 is 3.06 bits per heavy atom. The molecule has 1 aromatic carbocycles. The maximum absolute atomic E-state index is 4.50. The van der Waals surface area contributed by atoms with E-state index in [0.29, 0.717) is 0 Å². The van der Waals surface area contributed by atoms with Crippen molar-refractivity contribution in [3.8, 4) is 0 Å². The molecule has 0 amide bonds. The zero-order valence-corrected chi connectivity index (χ0v) is 10.4. The third kappa shape index (κ3) is 1.99. The first-order chi connectivity index (χ1) is 8.86. The lowest BCUT2D eigenvalue weighted by atomic mass is 10.1. The van der Waals surface area contributed by atoms with E-state index in [0.717, 1.165) is 30.2 Å². The summed E-state index contributed by atoms with van der Waals surface area (Å²) in [5, 5.41) is 3.36. The van der Waals surface area contributed by atoms with E-state index in [-0.39, 0.29) is 0 Å². The second kappa shape index (κ2) is 4.61. The summed E-state index contributed by atoms with van der Waals surface area (Å²) in [7, 11) is 0. The van der Waals surface area contributed by atoms with Gasteiger partial charge in [0.25, 0.3) is 0 Å². The smallest absolute Gasteiger partial charge is 0.152 e. The molecular weight excluding hydrogens is 222 g/mol. The maximum Gasteiger partial charge on any atom is 0.152 e. The zero-order chi connectivity index (χ0) is 12.4. The predicted octanol–water partition coefficient (Wildman–Crippen LogP) is 3.02. The first-order valence-electron chi connectivity index (χ1n) is 6.21. The number of hydrogen-bond acceptors (Lipinski definition) is 3. The lowest BCUT2D eigenvalue weighted by Crippen LogP contribution is -2.13. The number of fused-ring (bicyclic) bond motifs is 1. The largest absolute Gasteiger partial charge is 0.339 e. The summed E-state index contributed by atoms with van der Waals surface area (Å²) in [6, 6.07) is 12.4. The zero-order valence-electron chi connectivity index (χ0n) is 10.4. The number of rotatable bonds is 2. The van der Waals surface area contributed by atoms with E-state index in [1.807, 2.05) is 12.3 Å². The molecular formula is C15H15N3. The van der Waals surface area contributed by atoms with Crippen molar-refractivity contribution in [1.82, 2.24) is 4.98 Å². The molecule has 0 atom stereocenters. The van der Waals surface area contributed by atoms with Crippen molar-refractivity contribution in [2.75, 3.05) is 5.32 Å². The van der Waals surface area contributed by atoms with Crippen LogP contribution in [0.5, 0.6) is 0 Å². The van der Waals surface area contributed by atoms with Gasteiger partial charge in [0.1, 0.15) is 5.69 Å². The Bertz CT molecular complexity index is 602. The molecule has 0 spiro atoms. The van der Waals surface area contributed by atoms with E-state index in [9.17, 15) is 0 Å². The summed E-state index contributed by atoms with van der Waals surface area (Å²) >= 11 is 0. The van der Waals surface area contributed by atoms with E-state index in [2.05, 4.69) is 52.5 Å². The van der Waals surface area contributed by atoms with Gasteiger partial charge in [0.05, 0.1) is 6.54 Å². The van der Waals surface area contributed by atoms with Gasteiger partial charge in [-0.25, -0.2) is 0 Å². The highest BCUT2D eigenvalue weighted by Crippen LogP contribution is 2.18. The summed E-state index contributed by atoms with van der Waals surface area (Å²) in [5.74, 6) is 0.874. The van der Waals surface area contributed by atoms with Gasteiger partial charge in [-0.05, 0) is 30.2 Å². The molecule has 3 rings (SSSR count). The molecule has 0 saturated carbocycles. The van der Waals surface area contributed by atoms with E-state index in [4.69, 9.17) is 0 Å². The molecule has 0 bridgehead atoms. The fourth-order valence-electron chi connectivity index (χ4n) is 2.12. The second-order valence-electron chi connectivity index (χ2n) is 4.35. The topological polar surface area (TPSA) is 37.3 Å². The summed E-state index contributed by atoms with van der Waals surface area (Å²) in [4.78, 5) is 8.88. The van der Waals surface area contributed by atoms with Crippen LogP contribution in [-0.2, 0) is 13.0 Å². The molecule has 3 nitrogen and oxygen atoms in total. The average molecular weight is 237 g/mol. The Balaban J connectivity index is 1.86. The number of aryl methyl sites for hydroxylation is 1. The summed E-state index contributed by atoms with van der Waals surface area (Å²) < 4.78 is 0. The van der Waals surface area contributed by atoms with E-state index in [1.54, 1.807) is 0 Å². The summed E-state index contributed by atoms with van der Waals surface area (Å²) in [6.07, 6.45) is 2.85. The molecule has 1 N–H and O–H groups in total. The van der Waals surface area contributed by atoms with Crippen LogP contribution in [-0.4, -0.2) is 10.8 Å². The second-order valence-corrected chi connectivity index (χ2v) is 4.35. The Labute approximate surface area is 107 Å². The first kappa shape index (κ1) is 11.0. The lowest BCUT2D eigenvalue weighted by Gasteiger charge is -2.08. The summed E-state index contributed by atoms with van der Waals surface area (Å²) in [6.45, 7) is 2.88. The molecule has 90 valence electrons. The van der Waals surface area contributed by atoms with Crippen LogP contribution in [0.4, 0.5) is 5.69 Å². The SMILES string of the molecule is CCc1cccc(NC2=NCc3cccnc32)c1. The van der Waals surface area contributed by atoms with Gasteiger partial charge >= 0.3 is 0 Å². The Morgan fingerprint density at radius 1 is 1.22 bits per heavy atom. The van der Waals surface area contributed by atoms with Gasteiger partial charge in [0.2, 0.25) is 0 Å². The van der Waals surface area contributed by atoms with Crippen molar-refractivity contribution in [1.29, 1.82) is 0 Å². The van der Waals surface area contributed by atoms with Crippen LogP contribution in [0.1, 0.15) is 23.7 Å². The van der Waals surface area contributed by atoms with Gasteiger partial charge < -0.3 is 5.32 Å². The molecule has 3 heteroatoms. The number of pyridine rings is 1. The first-order valence-corrected chi connectivity index (χ1v) is 6.21. The molecule has 0 aliphatic carbocycles. The van der Waals surface area contributed by atoms with Crippen LogP contribution in [0.15, 0.2) is 47.6 Å². The average Bonchev–Trinajstić information content (AvgIpc) is 2.83. The Morgan fingerprint density at radius 2 is 2.17 bits per heavy atom. The van der Waals surface area contributed by atoms with Gasteiger partial charge in [-0.1, -0.05) is 25.1 Å². The third-order valence-corrected chi connectivity index (χ3v) is 3.12. The van der Waals surface area contributed by atoms with Crippen molar-refractivity contribution in [2.45, 2.75) is 19.9 Å². The van der Waals surface area contributed by atoms with Gasteiger partial charge in [-0.15, -0.1) is 0 Å². The molecule has 0 unspecified atom stereocenters. The molecule has 2 aromatic rings. The molecule has 1 aliphatic heterocycles. The standard InChI is InChI=1S/C15H15N3/c1-2-11-5-3-7-13(9-11)18-15-14-12(10-17-15)6-4-8-16-14/h3-9H,2,10H2,1H3,(H,17,18). The predicted molar refractivity (Wildman–Crippen MR) is 73.9 cm³/mol. The van der Waals surface area contributed by atoms with Crippen molar-refractivity contribution in [2.24, 2.45) is 4.99 Å². The number of nitrogens with one attached hydrogen (secondary N) is 1. The highest BCUT2D eigenvalue weighted by Gasteiger charge is 2.16. The molecule has 1 aromatic heterocycles. The van der Waals surface area contributed by atoms with Gasteiger partial charge in [-0.2, -0.15) is 0 Å². The normalized spacial score (nSPS) is 13.1. The Hall–Kier alpha value is -2.16. The van der Waals surface area contributed by atoms with Crippen LogP contribution in [0, 0.1) is 0 Å². The van der Waals surface area contributed by atoms with Crippen LogP contribution in [0.25, 0.3) is 0 Å². The molecule has 18 heavy (non-hydrogen) atoms. The van der Waals surface area contributed by atoms with Crippen LogP contribution >= 0.6 is 0 Å². The van der Waals surface area contributed by atoms with Crippen LogP contribution in [0.2, 0.25) is 0 Å². The van der Waals surface area contributed by atoms with E-state index >= 15 is 0 Å². The Kier molecular flexibility index (Phi) is 2.81. The molecule has 2 heterocycles. The van der Waals surface area contributed by atoms with Gasteiger partial charge in [-0.3, -0.25) is 9.98 Å². The van der Waals surface area contributed by atoms with E-state index in [1.165, 1.54) is 11.1 Å². The molecule has 0 fully saturated rings. The highest BCUT2D eigenvalue weighted by molar-refractivity contribution is 6.09. The van der Waals surface area contributed by atoms with Crippen LogP contribution in [0.3, 0.4) is 0 Å². The number of amidine groups is 1. The van der Waals surface area contributed by atoms with Gasteiger partial charge in [0, 0.05) is 17.4 Å². The van der Waals surface area contributed by atoms with Crippen LogP contribution < -0.4 is 5.32 Å². The monoisotopic (exact) mass is 237 g/mol. The number of nitrogens with zero attached hydrogens (tertiary/aromatic N) is 2. The fraction of sp³-hybridized carbons (Fsp3) is 0.200. The number of aliphatic imine (C=N–C) groups is 1. The summed E-state index contributed by atoms with van der Waals surface area (Å²) in [5.41, 5.74) is 4.55. The quantitative estimate of drug-likeness (QED) is 0.871. The molecule has 0 saturated heterocycles. The molecule has 1 aliphatic rings. The van der Waals surface area contributed by atoms with Crippen molar-refractivity contribution < 1.29 is 0 Å².